The summed E-state index contributed by atoms with van der Waals surface area (Å²) in [5, 5.41) is 16.2. The number of sulfonamides is 1. The van der Waals surface area contributed by atoms with Crippen LogP contribution in [0.5, 0.6) is 0 Å². The van der Waals surface area contributed by atoms with Crippen molar-refractivity contribution >= 4 is 50.6 Å². The number of hydrogen-bond acceptors (Lipinski definition) is 5. The van der Waals surface area contributed by atoms with Crippen molar-refractivity contribution in [3.8, 4) is 0 Å². The van der Waals surface area contributed by atoms with Gasteiger partial charge >= 0.3 is 0 Å². The average Bonchev–Trinajstić information content (AvgIpc) is 3.36. The quantitative estimate of drug-likeness (QED) is 0.243. The summed E-state index contributed by atoms with van der Waals surface area (Å²) in [4.78, 5) is 4.00. The van der Waals surface area contributed by atoms with Gasteiger partial charge in [0, 0.05) is 28.4 Å². The lowest BCUT2D eigenvalue weighted by molar-refractivity contribution is 0.465. The van der Waals surface area contributed by atoms with Crippen LogP contribution in [0, 0.1) is 5.41 Å². The van der Waals surface area contributed by atoms with Gasteiger partial charge in [0.05, 0.1) is 22.8 Å². The van der Waals surface area contributed by atoms with Crippen molar-refractivity contribution in [3.05, 3.63) is 125 Å². The lowest BCUT2D eigenvalue weighted by Crippen LogP contribution is -2.44. The molecule has 1 aromatic heterocycles. The van der Waals surface area contributed by atoms with Gasteiger partial charge in [-0.2, -0.15) is 5.10 Å². The molecule has 5 rings (SSSR count). The first-order valence-electron chi connectivity index (χ1n) is 11.3. The minimum absolute atomic E-state index is 0.000766. The van der Waals surface area contributed by atoms with Gasteiger partial charge < -0.3 is 0 Å². The molecule has 1 aliphatic rings. The van der Waals surface area contributed by atoms with Gasteiger partial charge in [0.15, 0.2) is 0 Å². The van der Waals surface area contributed by atoms with E-state index in [9.17, 15) is 8.42 Å². The van der Waals surface area contributed by atoms with Crippen LogP contribution in [0.4, 0.5) is 5.69 Å². The number of nitrogens with zero attached hydrogens (tertiary/aromatic N) is 4. The highest BCUT2D eigenvalue weighted by molar-refractivity contribution is 7.93. The van der Waals surface area contributed by atoms with Crippen LogP contribution in [-0.2, 0) is 10.0 Å². The summed E-state index contributed by atoms with van der Waals surface area (Å²) >= 11 is 12.1. The van der Waals surface area contributed by atoms with E-state index in [-0.39, 0.29) is 29.0 Å². The van der Waals surface area contributed by atoms with Crippen molar-refractivity contribution < 1.29 is 8.42 Å². The summed E-state index contributed by atoms with van der Waals surface area (Å²) in [5.74, 6) is -0.508. The SMILES string of the molecule is N=C(N1CC(c2ccccc2)C(c2ccc(Cl)cc2)=N1)N(c1ccncc1)S(=O)(=O)c1ccc(Cl)cc1. The van der Waals surface area contributed by atoms with Gasteiger partial charge in [-0.1, -0.05) is 65.7 Å². The zero-order chi connectivity index (χ0) is 26.0. The van der Waals surface area contributed by atoms with Crippen molar-refractivity contribution in [2.45, 2.75) is 10.8 Å². The number of pyridine rings is 1. The first-order chi connectivity index (χ1) is 17.8. The topological polar surface area (TPSA) is 89.7 Å². The number of hydrazone groups is 1. The average molecular weight is 550 g/mol. The highest BCUT2D eigenvalue weighted by atomic mass is 35.5. The Morgan fingerprint density at radius 2 is 1.46 bits per heavy atom. The second-order valence-corrected chi connectivity index (χ2v) is 10.9. The summed E-state index contributed by atoms with van der Waals surface area (Å²) in [6, 6.07) is 26.0. The van der Waals surface area contributed by atoms with Gasteiger partial charge in [-0.15, -0.1) is 0 Å². The highest BCUT2D eigenvalue weighted by Crippen LogP contribution is 2.32. The number of guanidine groups is 1. The fourth-order valence-electron chi connectivity index (χ4n) is 4.13. The van der Waals surface area contributed by atoms with E-state index in [1.807, 2.05) is 42.5 Å². The first-order valence-corrected chi connectivity index (χ1v) is 13.5. The lowest BCUT2D eigenvalue weighted by atomic mass is 9.91. The smallest absolute Gasteiger partial charge is 0.266 e. The Morgan fingerprint density at radius 3 is 2.08 bits per heavy atom. The number of aromatic nitrogens is 1. The first kappa shape index (κ1) is 25.0. The molecule has 0 saturated heterocycles. The van der Waals surface area contributed by atoms with Crippen LogP contribution in [0.2, 0.25) is 10.0 Å². The van der Waals surface area contributed by atoms with Gasteiger partial charge in [0.1, 0.15) is 0 Å². The van der Waals surface area contributed by atoms with Crippen molar-refractivity contribution in [2.75, 3.05) is 10.8 Å². The Balaban J connectivity index is 1.59. The van der Waals surface area contributed by atoms with E-state index in [2.05, 4.69) is 4.98 Å². The number of hydrogen-bond donors (Lipinski definition) is 1. The maximum atomic E-state index is 13.8. The lowest BCUT2D eigenvalue weighted by Gasteiger charge is -2.28. The molecule has 0 bridgehead atoms. The Labute approximate surface area is 225 Å². The van der Waals surface area contributed by atoms with Crippen molar-refractivity contribution in [2.24, 2.45) is 5.10 Å². The summed E-state index contributed by atoms with van der Waals surface area (Å²) in [5.41, 5.74) is 2.82. The maximum absolute atomic E-state index is 13.8. The standard InChI is InChI=1S/C27H21Cl2N5O2S/c28-21-8-6-20(7-9-21)26-25(19-4-2-1-3-5-19)18-33(32-26)27(30)34(23-14-16-31-17-15-23)37(35,36)24-12-10-22(29)11-13-24/h1-17,25,30H,18H2. The minimum Gasteiger partial charge on any atom is -0.266 e. The number of rotatable bonds is 5. The van der Waals surface area contributed by atoms with Crippen LogP contribution in [0.25, 0.3) is 0 Å². The number of halogens is 2. The molecular weight excluding hydrogens is 529 g/mol. The van der Waals surface area contributed by atoms with Crippen LogP contribution >= 0.6 is 23.2 Å². The second kappa shape index (κ2) is 10.3. The summed E-state index contributed by atoms with van der Waals surface area (Å²) < 4.78 is 28.6. The van der Waals surface area contributed by atoms with Crippen LogP contribution in [-0.4, -0.2) is 36.6 Å². The van der Waals surface area contributed by atoms with E-state index in [0.717, 1.165) is 15.4 Å². The summed E-state index contributed by atoms with van der Waals surface area (Å²) in [7, 11) is -4.18. The zero-order valence-electron chi connectivity index (χ0n) is 19.4. The minimum atomic E-state index is -4.18. The summed E-state index contributed by atoms with van der Waals surface area (Å²) in [6.07, 6.45) is 2.96. The molecule has 0 aliphatic carbocycles. The Bertz CT molecular complexity index is 1550. The Kier molecular flexibility index (Phi) is 6.97. The molecular formula is C27H21Cl2N5O2S. The van der Waals surface area contributed by atoms with Gasteiger partial charge in [0.2, 0.25) is 5.96 Å². The maximum Gasteiger partial charge on any atom is 0.271 e. The molecule has 10 heteroatoms. The molecule has 0 fully saturated rings. The zero-order valence-corrected chi connectivity index (χ0v) is 21.7. The molecule has 1 aliphatic heterocycles. The Hall–Kier alpha value is -3.72. The van der Waals surface area contributed by atoms with Gasteiger partial charge in [-0.25, -0.2) is 17.7 Å². The number of anilines is 1. The molecule has 1 atom stereocenters. The van der Waals surface area contributed by atoms with E-state index in [1.54, 1.807) is 12.1 Å². The van der Waals surface area contributed by atoms with Crippen LogP contribution < -0.4 is 4.31 Å². The van der Waals surface area contributed by atoms with E-state index in [4.69, 9.17) is 33.7 Å². The fourth-order valence-corrected chi connectivity index (χ4v) is 5.80. The van der Waals surface area contributed by atoms with Crippen molar-refractivity contribution in [3.63, 3.8) is 0 Å². The third kappa shape index (κ3) is 5.09. The van der Waals surface area contributed by atoms with Gasteiger partial charge in [-0.3, -0.25) is 10.4 Å². The normalized spacial score (nSPS) is 15.4. The predicted octanol–water partition coefficient (Wildman–Crippen LogP) is 6.02. The van der Waals surface area contributed by atoms with E-state index in [0.29, 0.717) is 15.8 Å². The molecule has 0 spiro atoms. The Morgan fingerprint density at radius 1 is 0.865 bits per heavy atom. The molecule has 1 N–H and O–H groups in total. The number of nitrogens with one attached hydrogen (secondary N) is 1. The van der Waals surface area contributed by atoms with Gasteiger partial charge in [-0.05, 0) is 59.7 Å². The predicted molar refractivity (Wildman–Crippen MR) is 147 cm³/mol. The molecule has 4 aromatic rings. The third-order valence-electron chi connectivity index (χ3n) is 5.94. The largest absolute Gasteiger partial charge is 0.271 e. The van der Waals surface area contributed by atoms with Gasteiger partial charge in [0.25, 0.3) is 10.0 Å². The molecule has 186 valence electrons. The molecule has 7 nitrogen and oxygen atoms in total. The van der Waals surface area contributed by atoms with Crippen LogP contribution in [0.15, 0.2) is 113 Å². The molecule has 3 aromatic carbocycles. The molecule has 2 heterocycles. The molecule has 0 radical (unpaired) electrons. The van der Waals surface area contributed by atoms with Crippen LogP contribution in [0.1, 0.15) is 17.0 Å². The number of benzene rings is 3. The van der Waals surface area contributed by atoms with Crippen molar-refractivity contribution in [1.82, 2.24) is 9.99 Å². The summed E-state index contributed by atoms with van der Waals surface area (Å²) in [6.45, 7) is 0.276. The molecule has 0 amide bonds. The second-order valence-electron chi connectivity index (χ2n) is 8.29. The highest BCUT2D eigenvalue weighted by Gasteiger charge is 2.37. The van der Waals surface area contributed by atoms with E-state index < -0.39 is 10.0 Å². The van der Waals surface area contributed by atoms with E-state index in [1.165, 1.54) is 53.8 Å². The molecule has 1 unspecified atom stereocenters. The monoisotopic (exact) mass is 549 g/mol. The molecule has 0 saturated carbocycles. The van der Waals surface area contributed by atoms with Crippen LogP contribution in [0.3, 0.4) is 0 Å². The molecule has 37 heavy (non-hydrogen) atoms. The van der Waals surface area contributed by atoms with Crippen molar-refractivity contribution in [1.29, 1.82) is 5.41 Å². The fraction of sp³-hybridized carbons (Fsp3) is 0.0741. The van der Waals surface area contributed by atoms with E-state index >= 15 is 0 Å². The third-order valence-corrected chi connectivity index (χ3v) is 8.18.